The van der Waals surface area contributed by atoms with Crippen molar-refractivity contribution in [1.29, 1.82) is 5.26 Å². The maximum atomic E-state index is 12.8. The van der Waals surface area contributed by atoms with Gasteiger partial charge >= 0.3 is 0 Å². The molecule has 1 fully saturated rings. The van der Waals surface area contributed by atoms with Crippen LogP contribution in [-0.2, 0) is 9.53 Å². The molecule has 108 valence electrons. The molecule has 1 saturated heterocycles. The maximum Gasteiger partial charge on any atom is 0.243 e. The third kappa shape index (κ3) is 4.21. The van der Waals surface area contributed by atoms with Crippen LogP contribution < -0.4 is 0 Å². The fourth-order valence-electron chi connectivity index (χ4n) is 2.52. The number of hydrogen-bond acceptors (Lipinski definition) is 3. The molecule has 0 atom stereocenters. The molecule has 1 heterocycles. The number of amides is 1. The van der Waals surface area contributed by atoms with Crippen molar-refractivity contribution in [1.82, 2.24) is 4.90 Å². The molecule has 0 aliphatic carbocycles. The van der Waals surface area contributed by atoms with Crippen molar-refractivity contribution in [3.63, 3.8) is 0 Å². The molecule has 1 aliphatic rings. The quantitative estimate of drug-likeness (QED) is 0.768. The van der Waals surface area contributed by atoms with Crippen LogP contribution >= 0.6 is 0 Å². The molecule has 0 unspecified atom stereocenters. The molecule has 0 aromatic carbocycles. The monoisotopic (exact) mass is 266 g/mol. The van der Waals surface area contributed by atoms with Crippen LogP contribution in [0.4, 0.5) is 0 Å². The van der Waals surface area contributed by atoms with E-state index in [-0.39, 0.29) is 5.91 Å². The van der Waals surface area contributed by atoms with Gasteiger partial charge in [-0.15, -0.1) is 0 Å². The molecular formula is C15H26N2O2. The molecule has 4 nitrogen and oxygen atoms in total. The predicted octanol–water partition coefficient (Wildman–Crippen LogP) is 2.45. The number of ether oxygens (including phenoxy) is 1. The Labute approximate surface area is 116 Å². The first kappa shape index (κ1) is 16.0. The molecule has 0 radical (unpaired) electrons. The summed E-state index contributed by atoms with van der Waals surface area (Å²) in [6.45, 7) is 10.9. The van der Waals surface area contributed by atoms with Gasteiger partial charge in [-0.05, 0) is 24.7 Å². The van der Waals surface area contributed by atoms with Gasteiger partial charge in [0.15, 0.2) is 0 Å². The molecular weight excluding hydrogens is 240 g/mol. The van der Waals surface area contributed by atoms with Crippen LogP contribution in [0.3, 0.4) is 0 Å². The molecule has 0 bridgehead atoms. The Bertz CT molecular complexity index is 329. The fourth-order valence-corrected chi connectivity index (χ4v) is 2.52. The summed E-state index contributed by atoms with van der Waals surface area (Å²) in [5, 5.41) is 9.48. The van der Waals surface area contributed by atoms with E-state index in [0.29, 0.717) is 37.9 Å². The lowest BCUT2D eigenvalue weighted by molar-refractivity contribution is -0.144. The van der Waals surface area contributed by atoms with Gasteiger partial charge in [0.1, 0.15) is 5.41 Å². The average molecular weight is 266 g/mol. The lowest BCUT2D eigenvalue weighted by atomic mass is 9.80. The van der Waals surface area contributed by atoms with Crippen LogP contribution in [0.15, 0.2) is 0 Å². The average Bonchev–Trinajstić information content (AvgIpc) is 2.36. The largest absolute Gasteiger partial charge is 0.381 e. The van der Waals surface area contributed by atoms with Gasteiger partial charge in [0.05, 0.1) is 6.07 Å². The molecule has 4 heteroatoms. The maximum absolute atomic E-state index is 12.8. The van der Waals surface area contributed by atoms with Crippen LogP contribution in [0.1, 0.15) is 40.5 Å². The highest BCUT2D eigenvalue weighted by molar-refractivity contribution is 5.85. The summed E-state index contributed by atoms with van der Waals surface area (Å²) in [5.41, 5.74) is -0.859. The van der Waals surface area contributed by atoms with E-state index in [1.807, 2.05) is 4.90 Å². The number of nitriles is 1. The number of carbonyl (C=O) groups is 1. The second-order valence-corrected chi connectivity index (χ2v) is 6.30. The van der Waals surface area contributed by atoms with Crippen LogP contribution in [0, 0.1) is 28.6 Å². The molecule has 0 aromatic rings. The first-order valence-corrected chi connectivity index (χ1v) is 7.19. The highest BCUT2D eigenvalue weighted by Crippen LogP contribution is 2.32. The van der Waals surface area contributed by atoms with Gasteiger partial charge in [-0.3, -0.25) is 4.79 Å². The topological polar surface area (TPSA) is 53.3 Å². The van der Waals surface area contributed by atoms with Crippen LogP contribution in [0.2, 0.25) is 0 Å². The highest BCUT2D eigenvalue weighted by Gasteiger charge is 2.43. The molecule has 1 rings (SSSR count). The Morgan fingerprint density at radius 3 is 2.05 bits per heavy atom. The zero-order chi connectivity index (χ0) is 14.5. The summed E-state index contributed by atoms with van der Waals surface area (Å²) in [6, 6.07) is 2.27. The Morgan fingerprint density at radius 1 is 1.21 bits per heavy atom. The third-order valence-corrected chi connectivity index (χ3v) is 3.43. The second kappa shape index (κ2) is 6.91. The molecule has 19 heavy (non-hydrogen) atoms. The van der Waals surface area contributed by atoms with Gasteiger partial charge in [-0.25, -0.2) is 0 Å². The smallest absolute Gasteiger partial charge is 0.243 e. The Hall–Kier alpha value is -1.08. The van der Waals surface area contributed by atoms with Crippen LogP contribution in [-0.4, -0.2) is 37.1 Å². The Balaban J connectivity index is 2.86. The van der Waals surface area contributed by atoms with Crippen molar-refractivity contribution in [2.24, 2.45) is 17.3 Å². The van der Waals surface area contributed by atoms with Crippen molar-refractivity contribution < 1.29 is 9.53 Å². The van der Waals surface area contributed by atoms with E-state index in [1.165, 1.54) is 0 Å². The summed E-state index contributed by atoms with van der Waals surface area (Å²) in [6.07, 6.45) is 1.05. The zero-order valence-electron chi connectivity index (χ0n) is 12.6. The minimum atomic E-state index is -0.859. The zero-order valence-corrected chi connectivity index (χ0v) is 12.6. The molecule has 0 N–H and O–H groups in total. The van der Waals surface area contributed by atoms with E-state index in [9.17, 15) is 10.1 Å². The minimum absolute atomic E-state index is 0.000648. The van der Waals surface area contributed by atoms with E-state index in [1.54, 1.807) is 0 Å². The van der Waals surface area contributed by atoms with Gasteiger partial charge in [-0.2, -0.15) is 5.26 Å². The minimum Gasteiger partial charge on any atom is -0.381 e. The van der Waals surface area contributed by atoms with Crippen molar-refractivity contribution in [2.45, 2.75) is 40.5 Å². The number of nitrogens with zero attached hydrogens (tertiary/aromatic N) is 2. The highest BCUT2D eigenvalue weighted by atomic mass is 16.5. The van der Waals surface area contributed by atoms with E-state index in [0.717, 1.165) is 13.1 Å². The fraction of sp³-hybridized carbons (Fsp3) is 0.867. The molecule has 1 amide bonds. The van der Waals surface area contributed by atoms with Crippen LogP contribution in [0.5, 0.6) is 0 Å². The van der Waals surface area contributed by atoms with Crippen molar-refractivity contribution >= 4 is 5.91 Å². The number of hydrogen-bond donors (Lipinski definition) is 0. The molecule has 0 saturated carbocycles. The predicted molar refractivity (Wildman–Crippen MR) is 74.4 cm³/mol. The van der Waals surface area contributed by atoms with Crippen molar-refractivity contribution in [3.8, 4) is 6.07 Å². The van der Waals surface area contributed by atoms with Crippen molar-refractivity contribution in [3.05, 3.63) is 0 Å². The molecule has 0 aromatic heterocycles. The normalized spacial score (nSPS) is 18.4. The van der Waals surface area contributed by atoms with Gasteiger partial charge in [0, 0.05) is 26.3 Å². The Kier molecular flexibility index (Phi) is 5.81. The van der Waals surface area contributed by atoms with Crippen LogP contribution in [0.25, 0.3) is 0 Å². The first-order chi connectivity index (χ1) is 8.91. The number of carbonyl (C=O) groups excluding carboxylic acids is 1. The Morgan fingerprint density at radius 2 is 1.68 bits per heavy atom. The summed E-state index contributed by atoms with van der Waals surface area (Å²) in [5.74, 6) is 0.831. The van der Waals surface area contributed by atoms with E-state index >= 15 is 0 Å². The lowest BCUT2D eigenvalue weighted by Crippen LogP contribution is -2.48. The van der Waals surface area contributed by atoms with E-state index < -0.39 is 5.41 Å². The standard InChI is InChI=1S/C15H26N2O2/c1-12(2)9-17(10-13(3)4)14(18)15(11-16)5-7-19-8-6-15/h12-13H,5-10H2,1-4H3. The lowest BCUT2D eigenvalue weighted by Gasteiger charge is -2.36. The van der Waals surface area contributed by atoms with Crippen molar-refractivity contribution in [2.75, 3.05) is 26.3 Å². The van der Waals surface area contributed by atoms with E-state index in [2.05, 4.69) is 33.8 Å². The van der Waals surface area contributed by atoms with Gasteiger partial charge in [0.25, 0.3) is 0 Å². The molecule has 1 aliphatic heterocycles. The van der Waals surface area contributed by atoms with Gasteiger partial charge in [0.2, 0.25) is 5.91 Å². The van der Waals surface area contributed by atoms with Gasteiger partial charge in [-0.1, -0.05) is 27.7 Å². The van der Waals surface area contributed by atoms with E-state index in [4.69, 9.17) is 4.74 Å². The number of rotatable bonds is 5. The molecule has 0 spiro atoms. The third-order valence-electron chi connectivity index (χ3n) is 3.43. The SMILES string of the molecule is CC(C)CN(CC(C)C)C(=O)C1(C#N)CCOCC1. The summed E-state index contributed by atoms with van der Waals surface area (Å²) in [7, 11) is 0. The summed E-state index contributed by atoms with van der Waals surface area (Å²) >= 11 is 0. The van der Waals surface area contributed by atoms with Gasteiger partial charge < -0.3 is 9.64 Å². The summed E-state index contributed by atoms with van der Waals surface area (Å²) < 4.78 is 5.30. The first-order valence-electron chi connectivity index (χ1n) is 7.19. The summed E-state index contributed by atoms with van der Waals surface area (Å²) in [4.78, 5) is 14.6. The second-order valence-electron chi connectivity index (χ2n) is 6.30.